The van der Waals surface area contributed by atoms with E-state index in [9.17, 15) is 21.6 Å². The Morgan fingerprint density at radius 2 is 1.69 bits per heavy atom. The maximum Gasteiger partial charge on any atom is 0.416 e. The summed E-state index contributed by atoms with van der Waals surface area (Å²) < 4.78 is 60.9. The van der Waals surface area contributed by atoms with E-state index >= 15 is 0 Å². The van der Waals surface area contributed by atoms with Crippen LogP contribution in [0.1, 0.15) is 12.5 Å². The first kappa shape index (κ1) is 12.8. The molecule has 1 N–H and O–H groups in total. The smallest absolute Gasteiger partial charge is 0.284 e. The van der Waals surface area contributed by atoms with Gasteiger partial charge in [-0.2, -0.15) is 13.2 Å². The van der Waals surface area contributed by atoms with Crippen LogP contribution in [0.2, 0.25) is 0 Å². The maximum absolute atomic E-state index is 12.2. The van der Waals surface area contributed by atoms with Gasteiger partial charge in [-0.05, 0) is 31.2 Å². The molecule has 0 aliphatic heterocycles. The zero-order chi connectivity index (χ0) is 12.4. The second-order valence-corrected chi connectivity index (χ2v) is 5.09. The van der Waals surface area contributed by atoms with Gasteiger partial charge in [-0.25, -0.2) is 8.42 Å². The molecule has 0 aliphatic rings. The van der Waals surface area contributed by atoms with Gasteiger partial charge in [0.2, 0.25) is 10.0 Å². The Labute approximate surface area is 91.3 Å². The Hall–Kier alpha value is -1.24. The molecule has 7 heteroatoms. The lowest BCUT2D eigenvalue weighted by Crippen LogP contribution is -2.14. The van der Waals surface area contributed by atoms with Gasteiger partial charge in [0.1, 0.15) is 0 Å². The van der Waals surface area contributed by atoms with Gasteiger partial charge in [-0.15, -0.1) is 0 Å². The maximum atomic E-state index is 12.2. The summed E-state index contributed by atoms with van der Waals surface area (Å²) in [5.74, 6) is -0.131. The van der Waals surface area contributed by atoms with Gasteiger partial charge in [0, 0.05) is 5.69 Å². The minimum atomic E-state index is -4.41. The van der Waals surface area contributed by atoms with Crippen molar-refractivity contribution in [2.75, 3.05) is 10.5 Å². The van der Waals surface area contributed by atoms with Crippen molar-refractivity contribution in [1.29, 1.82) is 0 Å². The van der Waals surface area contributed by atoms with Crippen LogP contribution in [0.5, 0.6) is 0 Å². The molecular formula is C9H10F3NO2S. The van der Waals surface area contributed by atoms with E-state index in [-0.39, 0.29) is 11.4 Å². The van der Waals surface area contributed by atoms with Crippen molar-refractivity contribution in [1.82, 2.24) is 0 Å². The van der Waals surface area contributed by atoms with Crippen molar-refractivity contribution in [2.45, 2.75) is 13.1 Å². The third-order valence-corrected chi connectivity index (χ3v) is 3.17. The summed E-state index contributed by atoms with van der Waals surface area (Å²) in [5.41, 5.74) is -0.693. The third-order valence-electron chi connectivity index (χ3n) is 1.87. The van der Waals surface area contributed by atoms with Crippen molar-refractivity contribution in [3.8, 4) is 0 Å². The Bertz CT molecular complexity index is 451. The lowest BCUT2D eigenvalue weighted by Gasteiger charge is -2.09. The molecule has 3 nitrogen and oxygen atoms in total. The van der Waals surface area contributed by atoms with Crippen LogP contribution in [0.15, 0.2) is 24.3 Å². The minimum Gasteiger partial charge on any atom is -0.284 e. The molecule has 0 atom stereocenters. The van der Waals surface area contributed by atoms with E-state index in [2.05, 4.69) is 4.72 Å². The molecule has 0 saturated carbocycles. The number of anilines is 1. The number of rotatable bonds is 3. The highest BCUT2D eigenvalue weighted by Crippen LogP contribution is 2.29. The average molecular weight is 253 g/mol. The monoisotopic (exact) mass is 253 g/mol. The normalized spacial score (nSPS) is 12.5. The summed E-state index contributed by atoms with van der Waals surface area (Å²) in [6.45, 7) is 1.44. The number of alkyl halides is 3. The number of nitrogens with one attached hydrogen (secondary N) is 1. The summed E-state index contributed by atoms with van der Waals surface area (Å²) in [6.07, 6.45) is -4.41. The van der Waals surface area contributed by atoms with Crippen LogP contribution < -0.4 is 4.72 Å². The van der Waals surface area contributed by atoms with Gasteiger partial charge in [0.15, 0.2) is 0 Å². The molecule has 1 aromatic carbocycles. The van der Waals surface area contributed by atoms with E-state index < -0.39 is 21.8 Å². The van der Waals surface area contributed by atoms with Crippen LogP contribution in [-0.4, -0.2) is 14.2 Å². The van der Waals surface area contributed by atoms with Crippen LogP contribution >= 0.6 is 0 Å². The van der Waals surface area contributed by atoms with E-state index in [4.69, 9.17) is 0 Å². The highest BCUT2D eigenvalue weighted by atomic mass is 32.2. The summed E-state index contributed by atoms with van der Waals surface area (Å²) in [5, 5.41) is 0. The fraction of sp³-hybridized carbons (Fsp3) is 0.333. The van der Waals surface area contributed by atoms with E-state index in [0.29, 0.717) is 0 Å². The molecule has 0 heterocycles. The van der Waals surface area contributed by atoms with Crippen molar-refractivity contribution < 1.29 is 21.6 Å². The molecule has 1 aromatic rings. The predicted octanol–water partition coefficient (Wildman–Crippen LogP) is 2.47. The zero-order valence-corrected chi connectivity index (χ0v) is 9.19. The molecule has 0 radical (unpaired) electrons. The summed E-state index contributed by atoms with van der Waals surface area (Å²) in [6, 6.07) is 3.81. The molecule has 0 fully saturated rings. The van der Waals surface area contributed by atoms with Crippen LogP contribution in [0, 0.1) is 0 Å². The van der Waals surface area contributed by atoms with Crippen LogP contribution in [0.3, 0.4) is 0 Å². The number of sulfonamides is 1. The van der Waals surface area contributed by atoms with Gasteiger partial charge >= 0.3 is 6.18 Å². The van der Waals surface area contributed by atoms with Gasteiger partial charge < -0.3 is 0 Å². The van der Waals surface area contributed by atoms with E-state index in [1.54, 1.807) is 0 Å². The SMILES string of the molecule is CCS(=O)(=O)Nc1ccc(C(F)(F)F)cc1. The minimum absolute atomic E-state index is 0.120. The quantitative estimate of drug-likeness (QED) is 0.899. The Balaban J connectivity index is 2.89. The van der Waals surface area contributed by atoms with Crippen molar-refractivity contribution in [3.05, 3.63) is 29.8 Å². The molecule has 0 aliphatic carbocycles. The fourth-order valence-corrected chi connectivity index (χ4v) is 1.62. The molecule has 0 aromatic heterocycles. The standard InChI is InChI=1S/C9H10F3NO2S/c1-2-16(14,15)13-8-5-3-7(4-6-8)9(10,11)12/h3-6,13H,2H2,1H3. The van der Waals surface area contributed by atoms with Gasteiger partial charge in [0.25, 0.3) is 0 Å². The first-order valence-corrected chi connectivity index (χ1v) is 6.07. The van der Waals surface area contributed by atoms with Crippen molar-refractivity contribution in [2.24, 2.45) is 0 Å². The van der Waals surface area contributed by atoms with Crippen molar-refractivity contribution in [3.63, 3.8) is 0 Å². The molecule has 0 bridgehead atoms. The number of halogens is 3. The topological polar surface area (TPSA) is 46.2 Å². The lowest BCUT2D eigenvalue weighted by atomic mass is 10.2. The number of hydrogen-bond acceptors (Lipinski definition) is 2. The van der Waals surface area contributed by atoms with Crippen LogP contribution in [0.25, 0.3) is 0 Å². The summed E-state index contributed by atoms with van der Waals surface area (Å²) in [4.78, 5) is 0. The Morgan fingerprint density at radius 3 is 2.06 bits per heavy atom. The molecule has 90 valence electrons. The Kier molecular flexibility index (Phi) is 3.47. The zero-order valence-electron chi connectivity index (χ0n) is 8.38. The largest absolute Gasteiger partial charge is 0.416 e. The first-order chi connectivity index (χ1) is 7.24. The second-order valence-electron chi connectivity index (χ2n) is 3.08. The summed E-state index contributed by atoms with van der Waals surface area (Å²) in [7, 11) is -3.45. The molecule has 0 amide bonds. The third kappa shape index (κ3) is 3.41. The lowest BCUT2D eigenvalue weighted by molar-refractivity contribution is -0.137. The van der Waals surface area contributed by atoms with Gasteiger partial charge in [0.05, 0.1) is 11.3 Å². The van der Waals surface area contributed by atoms with Crippen LogP contribution in [-0.2, 0) is 16.2 Å². The van der Waals surface area contributed by atoms with E-state index in [1.165, 1.54) is 6.92 Å². The number of benzene rings is 1. The molecule has 0 saturated heterocycles. The highest BCUT2D eigenvalue weighted by Gasteiger charge is 2.30. The van der Waals surface area contributed by atoms with Gasteiger partial charge in [-0.3, -0.25) is 4.72 Å². The molecule has 0 unspecified atom stereocenters. The van der Waals surface area contributed by atoms with Crippen molar-refractivity contribution >= 4 is 15.7 Å². The Morgan fingerprint density at radius 1 is 1.19 bits per heavy atom. The molecule has 1 rings (SSSR count). The van der Waals surface area contributed by atoms with E-state index in [0.717, 1.165) is 24.3 Å². The fourth-order valence-electron chi connectivity index (χ4n) is 0.979. The predicted molar refractivity (Wildman–Crippen MR) is 54.5 cm³/mol. The molecular weight excluding hydrogens is 243 g/mol. The van der Waals surface area contributed by atoms with Gasteiger partial charge in [-0.1, -0.05) is 0 Å². The summed E-state index contributed by atoms with van der Waals surface area (Å²) >= 11 is 0. The number of hydrogen-bond donors (Lipinski definition) is 1. The van der Waals surface area contributed by atoms with Crippen LogP contribution in [0.4, 0.5) is 18.9 Å². The second kappa shape index (κ2) is 4.32. The molecule has 16 heavy (non-hydrogen) atoms. The highest BCUT2D eigenvalue weighted by molar-refractivity contribution is 7.92. The average Bonchev–Trinajstić information content (AvgIpc) is 2.16. The first-order valence-electron chi connectivity index (χ1n) is 4.42. The van der Waals surface area contributed by atoms with E-state index in [1.807, 2.05) is 0 Å². The molecule has 0 spiro atoms.